The van der Waals surface area contributed by atoms with Gasteiger partial charge in [-0.1, -0.05) is 23.7 Å². The third-order valence-corrected chi connectivity index (χ3v) is 4.31. The molecular weight excluding hydrogens is 278 g/mol. The highest BCUT2D eigenvalue weighted by Crippen LogP contribution is 2.41. The van der Waals surface area contributed by atoms with Crippen molar-refractivity contribution in [2.45, 2.75) is 30.8 Å². The molecule has 0 bridgehead atoms. The summed E-state index contributed by atoms with van der Waals surface area (Å²) in [5.74, 6) is -0.141. The second-order valence-electron chi connectivity index (χ2n) is 5.34. The van der Waals surface area contributed by atoms with Crippen molar-refractivity contribution in [3.63, 3.8) is 0 Å². The maximum Gasteiger partial charge on any atom is 0.315 e. The number of nitrogens with one attached hydrogen (secondary N) is 3. The lowest BCUT2D eigenvalue weighted by Crippen LogP contribution is -2.55. The average molecular weight is 294 g/mol. The van der Waals surface area contributed by atoms with Crippen LogP contribution in [0, 0.1) is 0 Å². The van der Waals surface area contributed by atoms with Crippen molar-refractivity contribution in [1.82, 2.24) is 16.0 Å². The summed E-state index contributed by atoms with van der Waals surface area (Å²) < 4.78 is 0. The van der Waals surface area contributed by atoms with Crippen molar-refractivity contribution in [1.29, 1.82) is 0 Å². The molecule has 20 heavy (non-hydrogen) atoms. The number of hydrogen-bond acceptors (Lipinski definition) is 2. The average Bonchev–Trinajstić information content (AvgIpc) is 2.82. The van der Waals surface area contributed by atoms with Crippen LogP contribution >= 0.6 is 11.6 Å². The Morgan fingerprint density at radius 2 is 2.00 bits per heavy atom. The third-order valence-electron chi connectivity index (χ3n) is 4.05. The first-order valence-corrected chi connectivity index (χ1v) is 7.09. The molecule has 5 nitrogen and oxygen atoms in total. The molecular formula is C14H16ClN3O2. The maximum absolute atomic E-state index is 12.2. The summed E-state index contributed by atoms with van der Waals surface area (Å²) in [5, 5.41) is 8.97. The molecule has 6 heteroatoms. The van der Waals surface area contributed by atoms with E-state index in [-0.39, 0.29) is 17.5 Å². The van der Waals surface area contributed by atoms with E-state index in [2.05, 4.69) is 16.0 Å². The molecule has 1 aliphatic carbocycles. The predicted molar refractivity (Wildman–Crippen MR) is 75.4 cm³/mol. The second kappa shape index (κ2) is 4.98. The van der Waals surface area contributed by atoms with Crippen LogP contribution in [-0.2, 0) is 10.3 Å². The Bertz CT molecular complexity index is 540. The summed E-state index contributed by atoms with van der Waals surface area (Å²) in [7, 11) is 0. The Labute approximate surface area is 122 Å². The molecule has 1 aliphatic heterocycles. The Balaban J connectivity index is 1.74. The fourth-order valence-corrected chi connectivity index (χ4v) is 2.85. The van der Waals surface area contributed by atoms with Gasteiger partial charge in [0.1, 0.15) is 6.04 Å². The van der Waals surface area contributed by atoms with E-state index in [1.54, 1.807) is 0 Å². The Hall–Kier alpha value is -1.75. The van der Waals surface area contributed by atoms with Gasteiger partial charge < -0.3 is 16.0 Å². The standard InChI is InChI=1S/C14H16ClN3O2/c15-10-4-2-9(3-5-10)14(6-1-7-14)18-12(19)11-8-16-13(20)17-11/h2-5,11H,1,6-8H2,(H,18,19)(H2,16,17,20)/t11-/m0/s1. The molecule has 3 rings (SSSR count). The number of carbonyl (C=O) groups excluding carboxylic acids is 2. The summed E-state index contributed by atoms with van der Waals surface area (Å²) in [4.78, 5) is 23.3. The van der Waals surface area contributed by atoms with Crippen molar-refractivity contribution < 1.29 is 9.59 Å². The van der Waals surface area contributed by atoms with E-state index in [4.69, 9.17) is 11.6 Å². The molecule has 2 aliphatic rings. The monoisotopic (exact) mass is 293 g/mol. The van der Waals surface area contributed by atoms with Crippen LogP contribution in [0.5, 0.6) is 0 Å². The molecule has 1 saturated carbocycles. The normalized spacial score (nSPS) is 23.4. The molecule has 3 amide bonds. The number of amides is 3. The van der Waals surface area contributed by atoms with Crippen LogP contribution < -0.4 is 16.0 Å². The molecule has 0 radical (unpaired) electrons. The molecule has 1 aromatic rings. The van der Waals surface area contributed by atoms with E-state index < -0.39 is 6.04 Å². The lowest BCUT2D eigenvalue weighted by atomic mass is 9.71. The van der Waals surface area contributed by atoms with Gasteiger partial charge in [-0.2, -0.15) is 0 Å². The maximum atomic E-state index is 12.2. The molecule has 1 aromatic carbocycles. The van der Waals surface area contributed by atoms with E-state index in [1.807, 2.05) is 24.3 Å². The topological polar surface area (TPSA) is 70.2 Å². The third kappa shape index (κ3) is 2.33. The van der Waals surface area contributed by atoms with E-state index in [0.717, 1.165) is 24.8 Å². The van der Waals surface area contributed by atoms with Crippen LogP contribution in [0.2, 0.25) is 5.02 Å². The van der Waals surface area contributed by atoms with Crippen molar-refractivity contribution >= 4 is 23.5 Å². The van der Waals surface area contributed by atoms with Gasteiger partial charge in [-0.15, -0.1) is 0 Å². The van der Waals surface area contributed by atoms with Gasteiger partial charge in [0.05, 0.1) is 5.54 Å². The van der Waals surface area contributed by atoms with Gasteiger partial charge in [-0.25, -0.2) is 4.79 Å². The molecule has 0 unspecified atom stereocenters. The molecule has 106 valence electrons. The predicted octanol–water partition coefficient (Wildman–Crippen LogP) is 1.52. The SMILES string of the molecule is O=C1NC[C@@H](C(=O)NC2(c3ccc(Cl)cc3)CCC2)N1. The first kappa shape index (κ1) is 13.2. The zero-order valence-corrected chi connectivity index (χ0v) is 11.7. The summed E-state index contributed by atoms with van der Waals surface area (Å²) >= 11 is 5.91. The fourth-order valence-electron chi connectivity index (χ4n) is 2.72. The number of rotatable bonds is 3. The summed E-state index contributed by atoms with van der Waals surface area (Å²) in [6.45, 7) is 0.335. The van der Waals surface area contributed by atoms with E-state index >= 15 is 0 Å². The number of benzene rings is 1. The number of urea groups is 1. The van der Waals surface area contributed by atoms with Crippen LogP contribution in [0.3, 0.4) is 0 Å². The second-order valence-corrected chi connectivity index (χ2v) is 5.78. The Morgan fingerprint density at radius 3 is 2.50 bits per heavy atom. The number of hydrogen-bond donors (Lipinski definition) is 3. The zero-order valence-electron chi connectivity index (χ0n) is 10.9. The van der Waals surface area contributed by atoms with E-state index in [9.17, 15) is 9.59 Å². The van der Waals surface area contributed by atoms with E-state index in [0.29, 0.717) is 11.6 Å². The Morgan fingerprint density at radius 1 is 1.30 bits per heavy atom. The van der Waals surface area contributed by atoms with Gasteiger partial charge in [0.25, 0.3) is 0 Å². The van der Waals surface area contributed by atoms with Gasteiger partial charge in [-0.05, 0) is 37.0 Å². The smallest absolute Gasteiger partial charge is 0.315 e. The molecule has 1 saturated heterocycles. The highest BCUT2D eigenvalue weighted by Gasteiger charge is 2.42. The Kier molecular flexibility index (Phi) is 3.30. The largest absolute Gasteiger partial charge is 0.345 e. The van der Waals surface area contributed by atoms with Crippen LogP contribution in [0.1, 0.15) is 24.8 Å². The van der Waals surface area contributed by atoms with Gasteiger partial charge in [0.2, 0.25) is 5.91 Å². The number of carbonyl (C=O) groups is 2. The van der Waals surface area contributed by atoms with Crippen LogP contribution in [-0.4, -0.2) is 24.5 Å². The minimum atomic E-state index is -0.493. The van der Waals surface area contributed by atoms with Crippen molar-refractivity contribution in [3.05, 3.63) is 34.9 Å². The van der Waals surface area contributed by atoms with Gasteiger partial charge in [0, 0.05) is 11.6 Å². The van der Waals surface area contributed by atoms with Crippen molar-refractivity contribution in [2.75, 3.05) is 6.54 Å². The summed E-state index contributed by atoms with van der Waals surface area (Å²) in [6, 6.07) is 6.79. The first-order chi connectivity index (χ1) is 9.59. The van der Waals surface area contributed by atoms with Crippen molar-refractivity contribution in [3.8, 4) is 0 Å². The summed E-state index contributed by atoms with van der Waals surface area (Å²) in [5.41, 5.74) is 0.758. The van der Waals surface area contributed by atoms with Crippen LogP contribution in [0.4, 0.5) is 4.79 Å². The van der Waals surface area contributed by atoms with E-state index in [1.165, 1.54) is 0 Å². The zero-order chi connectivity index (χ0) is 14.2. The highest BCUT2D eigenvalue weighted by atomic mass is 35.5. The lowest BCUT2D eigenvalue weighted by molar-refractivity contribution is -0.125. The minimum Gasteiger partial charge on any atom is -0.345 e. The lowest BCUT2D eigenvalue weighted by Gasteiger charge is -2.43. The van der Waals surface area contributed by atoms with Gasteiger partial charge in [0.15, 0.2) is 0 Å². The fraction of sp³-hybridized carbons (Fsp3) is 0.429. The molecule has 2 fully saturated rings. The molecule has 1 atom stereocenters. The highest BCUT2D eigenvalue weighted by molar-refractivity contribution is 6.30. The molecule has 0 spiro atoms. The van der Waals surface area contributed by atoms with Crippen LogP contribution in [0.15, 0.2) is 24.3 Å². The molecule has 0 aromatic heterocycles. The minimum absolute atomic E-state index is 0.141. The van der Waals surface area contributed by atoms with Gasteiger partial charge in [-0.3, -0.25) is 4.79 Å². The first-order valence-electron chi connectivity index (χ1n) is 6.71. The number of halogens is 1. The van der Waals surface area contributed by atoms with Crippen LogP contribution in [0.25, 0.3) is 0 Å². The molecule has 1 heterocycles. The van der Waals surface area contributed by atoms with Crippen molar-refractivity contribution in [2.24, 2.45) is 0 Å². The van der Waals surface area contributed by atoms with Gasteiger partial charge >= 0.3 is 6.03 Å². The molecule has 3 N–H and O–H groups in total. The quantitative estimate of drug-likeness (QED) is 0.791. The summed E-state index contributed by atoms with van der Waals surface area (Å²) in [6.07, 6.45) is 2.90.